The molecule has 4 rings (SSSR count). The summed E-state index contributed by atoms with van der Waals surface area (Å²) >= 11 is 0. The van der Waals surface area contributed by atoms with Gasteiger partial charge in [0.05, 0.1) is 24.7 Å². The maximum atomic E-state index is 11.7. The maximum Gasteiger partial charge on any atom is 0.227 e. The molecule has 3 fully saturated rings. The number of hydrogen-bond donors (Lipinski definition) is 0. The zero-order chi connectivity index (χ0) is 17.5. The Morgan fingerprint density at radius 2 is 2.00 bits per heavy atom. The lowest BCUT2D eigenvalue weighted by atomic mass is 10.0. The van der Waals surface area contributed by atoms with Gasteiger partial charge >= 0.3 is 0 Å². The molecule has 3 aliphatic heterocycles. The van der Waals surface area contributed by atoms with Crippen LogP contribution < -0.4 is 9.80 Å². The summed E-state index contributed by atoms with van der Waals surface area (Å²) in [5.41, 5.74) is 0. The third-order valence-corrected chi connectivity index (χ3v) is 7.12. The van der Waals surface area contributed by atoms with Crippen LogP contribution in [0, 0.1) is 0 Å². The minimum absolute atomic E-state index is 0.0161. The van der Waals surface area contributed by atoms with Crippen molar-refractivity contribution in [1.82, 2.24) is 9.97 Å². The minimum atomic E-state index is -2.92. The van der Waals surface area contributed by atoms with Crippen molar-refractivity contribution in [2.45, 2.75) is 31.1 Å². The van der Waals surface area contributed by atoms with Gasteiger partial charge in [-0.25, -0.2) is 13.4 Å². The second-order valence-electron chi connectivity index (χ2n) is 6.98. The van der Waals surface area contributed by atoms with Gasteiger partial charge in [-0.1, -0.05) is 0 Å². The lowest BCUT2D eigenvalue weighted by molar-refractivity contribution is -0.169. The molecule has 0 aromatic carbocycles. The number of ether oxygens (including phenoxy) is 2. The van der Waals surface area contributed by atoms with E-state index in [9.17, 15) is 8.42 Å². The highest BCUT2D eigenvalue weighted by molar-refractivity contribution is 7.91. The number of rotatable bonds is 3. The van der Waals surface area contributed by atoms with Gasteiger partial charge < -0.3 is 19.3 Å². The molecule has 0 amide bonds. The molecule has 1 atom stereocenters. The molecule has 25 heavy (non-hydrogen) atoms. The summed E-state index contributed by atoms with van der Waals surface area (Å²) in [6.07, 6.45) is 4.00. The van der Waals surface area contributed by atoms with E-state index in [0.717, 1.165) is 31.7 Å². The van der Waals surface area contributed by atoms with E-state index in [1.54, 1.807) is 6.20 Å². The molecule has 0 aliphatic carbocycles. The van der Waals surface area contributed by atoms with Crippen LogP contribution in [0.2, 0.25) is 0 Å². The van der Waals surface area contributed by atoms with E-state index in [1.807, 2.05) is 18.0 Å². The molecule has 1 aromatic rings. The third-order valence-electron chi connectivity index (χ3n) is 5.37. The number of anilines is 2. The zero-order valence-electron chi connectivity index (χ0n) is 14.4. The molecule has 1 spiro atoms. The molecule has 138 valence electrons. The van der Waals surface area contributed by atoms with Crippen LogP contribution in [0.5, 0.6) is 0 Å². The SMILES string of the molecule is CN(c1ccnc(N2CCC3(CC2)OCCO3)n1)C1CCS(=O)(=O)C1. The molecule has 4 heterocycles. The number of nitrogens with zero attached hydrogens (tertiary/aromatic N) is 4. The third kappa shape index (κ3) is 3.45. The van der Waals surface area contributed by atoms with E-state index < -0.39 is 15.6 Å². The van der Waals surface area contributed by atoms with Crippen molar-refractivity contribution in [3.63, 3.8) is 0 Å². The fourth-order valence-electron chi connectivity index (χ4n) is 3.79. The average molecular weight is 368 g/mol. The largest absolute Gasteiger partial charge is 0.355 e. The van der Waals surface area contributed by atoms with E-state index in [-0.39, 0.29) is 17.5 Å². The van der Waals surface area contributed by atoms with Gasteiger partial charge in [0.25, 0.3) is 0 Å². The van der Waals surface area contributed by atoms with Gasteiger partial charge in [0.1, 0.15) is 5.82 Å². The van der Waals surface area contributed by atoms with Gasteiger partial charge in [0.2, 0.25) is 5.95 Å². The molecular formula is C16H24N4O4S. The quantitative estimate of drug-likeness (QED) is 0.760. The highest BCUT2D eigenvalue weighted by atomic mass is 32.2. The first-order valence-corrected chi connectivity index (χ1v) is 10.6. The van der Waals surface area contributed by atoms with E-state index in [2.05, 4.69) is 14.9 Å². The van der Waals surface area contributed by atoms with Crippen LogP contribution in [-0.4, -0.2) is 75.1 Å². The van der Waals surface area contributed by atoms with E-state index in [0.29, 0.717) is 25.6 Å². The summed E-state index contributed by atoms with van der Waals surface area (Å²) in [7, 11) is -1.01. The number of sulfone groups is 1. The smallest absolute Gasteiger partial charge is 0.227 e. The molecule has 8 nitrogen and oxygen atoms in total. The molecule has 1 unspecified atom stereocenters. The van der Waals surface area contributed by atoms with Crippen LogP contribution >= 0.6 is 0 Å². The Bertz CT molecular complexity index is 725. The van der Waals surface area contributed by atoms with Gasteiger partial charge in [-0.3, -0.25) is 0 Å². The molecule has 0 N–H and O–H groups in total. The van der Waals surface area contributed by atoms with Crippen LogP contribution in [0.4, 0.5) is 11.8 Å². The standard InChI is InChI=1S/C16H24N4O4S/c1-19(13-3-11-25(21,22)12-13)14-2-6-17-15(18-14)20-7-4-16(5-8-20)23-9-10-24-16/h2,6,13H,3-5,7-12H2,1H3. The summed E-state index contributed by atoms with van der Waals surface area (Å²) in [4.78, 5) is 13.2. The monoisotopic (exact) mass is 368 g/mol. The van der Waals surface area contributed by atoms with Crippen LogP contribution in [-0.2, 0) is 19.3 Å². The van der Waals surface area contributed by atoms with Crippen LogP contribution in [0.25, 0.3) is 0 Å². The Morgan fingerprint density at radius 1 is 1.28 bits per heavy atom. The Kier molecular flexibility index (Phi) is 4.33. The molecule has 0 bridgehead atoms. The van der Waals surface area contributed by atoms with E-state index >= 15 is 0 Å². The average Bonchev–Trinajstić information content (AvgIpc) is 3.21. The number of piperidine rings is 1. The fraction of sp³-hybridized carbons (Fsp3) is 0.750. The van der Waals surface area contributed by atoms with Crippen molar-refractivity contribution in [3.8, 4) is 0 Å². The van der Waals surface area contributed by atoms with Crippen LogP contribution in [0.1, 0.15) is 19.3 Å². The van der Waals surface area contributed by atoms with Gasteiger partial charge in [-0.2, -0.15) is 4.98 Å². The Labute approximate surface area is 148 Å². The lowest BCUT2D eigenvalue weighted by Crippen LogP contribution is -2.45. The summed E-state index contributed by atoms with van der Waals surface area (Å²) in [6.45, 7) is 2.90. The van der Waals surface area contributed by atoms with Crippen molar-refractivity contribution in [2.24, 2.45) is 0 Å². The molecule has 1 aromatic heterocycles. The van der Waals surface area contributed by atoms with Crippen molar-refractivity contribution in [2.75, 3.05) is 54.7 Å². The van der Waals surface area contributed by atoms with Crippen molar-refractivity contribution < 1.29 is 17.9 Å². The summed E-state index contributed by atoms with van der Waals surface area (Å²) in [5.74, 6) is 1.49. The molecule has 0 radical (unpaired) electrons. The summed E-state index contributed by atoms with van der Waals surface area (Å²) in [6, 6.07) is 1.82. The van der Waals surface area contributed by atoms with Gasteiger partial charge in [-0.05, 0) is 12.5 Å². The van der Waals surface area contributed by atoms with Crippen LogP contribution in [0.15, 0.2) is 12.3 Å². The second kappa shape index (κ2) is 6.37. The Balaban J connectivity index is 1.45. The Morgan fingerprint density at radius 3 is 2.64 bits per heavy atom. The Hall–Kier alpha value is -1.45. The topological polar surface area (TPSA) is 84.9 Å². The molecule has 9 heteroatoms. The highest BCUT2D eigenvalue weighted by Gasteiger charge is 2.40. The fourth-order valence-corrected chi connectivity index (χ4v) is 5.56. The van der Waals surface area contributed by atoms with Crippen molar-refractivity contribution >= 4 is 21.6 Å². The van der Waals surface area contributed by atoms with Gasteiger partial charge in [0, 0.05) is 45.2 Å². The number of aromatic nitrogens is 2. The lowest BCUT2D eigenvalue weighted by Gasteiger charge is -2.37. The first-order chi connectivity index (χ1) is 12.0. The highest BCUT2D eigenvalue weighted by Crippen LogP contribution is 2.32. The second-order valence-corrected chi connectivity index (χ2v) is 9.21. The molecule has 0 saturated carbocycles. The van der Waals surface area contributed by atoms with Crippen molar-refractivity contribution in [1.29, 1.82) is 0 Å². The van der Waals surface area contributed by atoms with Crippen LogP contribution in [0.3, 0.4) is 0 Å². The summed E-state index contributed by atoms with van der Waals surface area (Å²) in [5, 5.41) is 0. The predicted octanol–water partition coefficient (Wildman–Crippen LogP) is 0.443. The van der Waals surface area contributed by atoms with Crippen molar-refractivity contribution in [3.05, 3.63) is 12.3 Å². The van der Waals surface area contributed by atoms with E-state index in [1.165, 1.54) is 0 Å². The molecule has 3 saturated heterocycles. The van der Waals surface area contributed by atoms with Gasteiger partial charge in [0.15, 0.2) is 15.6 Å². The normalized spacial score (nSPS) is 27.7. The minimum Gasteiger partial charge on any atom is -0.355 e. The molecular weight excluding hydrogens is 344 g/mol. The predicted molar refractivity (Wildman–Crippen MR) is 93.6 cm³/mol. The maximum absolute atomic E-state index is 11.7. The molecule has 3 aliphatic rings. The number of hydrogen-bond acceptors (Lipinski definition) is 8. The zero-order valence-corrected chi connectivity index (χ0v) is 15.2. The van der Waals surface area contributed by atoms with E-state index in [4.69, 9.17) is 9.47 Å². The first-order valence-electron chi connectivity index (χ1n) is 8.76. The summed E-state index contributed by atoms with van der Waals surface area (Å²) < 4.78 is 35.0. The first kappa shape index (κ1) is 17.0. The van der Waals surface area contributed by atoms with Gasteiger partial charge in [-0.15, -0.1) is 0 Å².